The Labute approximate surface area is 135 Å². The molecule has 0 radical (unpaired) electrons. The average Bonchev–Trinajstić information content (AvgIpc) is 3.09. The lowest BCUT2D eigenvalue weighted by atomic mass is 9.95. The van der Waals surface area contributed by atoms with Crippen LogP contribution in [0.15, 0.2) is 48.8 Å². The van der Waals surface area contributed by atoms with Crippen LogP contribution in [0.5, 0.6) is 0 Å². The maximum atomic E-state index is 12.3. The Balaban J connectivity index is 1.48. The monoisotopic (exact) mass is 312 g/mol. The number of benzene rings is 1. The van der Waals surface area contributed by atoms with Gasteiger partial charge < -0.3 is 10.2 Å². The molecule has 3 rings (SSSR count). The van der Waals surface area contributed by atoms with E-state index in [4.69, 9.17) is 0 Å². The highest BCUT2D eigenvalue weighted by molar-refractivity contribution is 5.92. The molecule has 0 aliphatic carbocycles. The van der Waals surface area contributed by atoms with E-state index in [9.17, 15) is 9.59 Å². The lowest BCUT2D eigenvalue weighted by Gasteiger charge is -2.31. The van der Waals surface area contributed by atoms with Crippen molar-refractivity contribution in [3.63, 3.8) is 0 Å². The van der Waals surface area contributed by atoms with Crippen molar-refractivity contribution < 1.29 is 9.59 Å². The SMILES string of the molecule is O=C(Nc1ccccc1)C1CCN(C(=O)Cn2cccn2)CC1. The van der Waals surface area contributed by atoms with Crippen LogP contribution in [-0.4, -0.2) is 39.6 Å². The van der Waals surface area contributed by atoms with Crippen LogP contribution in [0.1, 0.15) is 12.8 Å². The zero-order valence-electron chi connectivity index (χ0n) is 12.9. The van der Waals surface area contributed by atoms with Crippen molar-refractivity contribution in [1.82, 2.24) is 14.7 Å². The molecule has 6 nitrogen and oxygen atoms in total. The maximum absolute atomic E-state index is 12.3. The van der Waals surface area contributed by atoms with Gasteiger partial charge in [-0.3, -0.25) is 14.3 Å². The minimum Gasteiger partial charge on any atom is -0.341 e. The molecule has 1 aliphatic rings. The lowest BCUT2D eigenvalue weighted by molar-refractivity contribution is -0.135. The van der Waals surface area contributed by atoms with E-state index in [1.807, 2.05) is 35.2 Å². The van der Waals surface area contributed by atoms with Crippen molar-refractivity contribution in [2.45, 2.75) is 19.4 Å². The van der Waals surface area contributed by atoms with Crippen molar-refractivity contribution in [1.29, 1.82) is 0 Å². The summed E-state index contributed by atoms with van der Waals surface area (Å²) in [6.45, 7) is 1.49. The van der Waals surface area contributed by atoms with Crippen LogP contribution in [0, 0.1) is 5.92 Å². The van der Waals surface area contributed by atoms with Crippen molar-refractivity contribution in [2.24, 2.45) is 5.92 Å². The Morgan fingerprint density at radius 2 is 1.87 bits per heavy atom. The zero-order valence-corrected chi connectivity index (χ0v) is 12.9. The van der Waals surface area contributed by atoms with Crippen LogP contribution in [0.4, 0.5) is 5.69 Å². The first-order valence-corrected chi connectivity index (χ1v) is 7.83. The molecule has 1 aliphatic heterocycles. The topological polar surface area (TPSA) is 67.2 Å². The van der Waals surface area contributed by atoms with Crippen LogP contribution in [0.2, 0.25) is 0 Å². The molecular weight excluding hydrogens is 292 g/mol. The Bertz CT molecular complexity index is 646. The molecule has 0 atom stereocenters. The lowest BCUT2D eigenvalue weighted by Crippen LogP contribution is -2.42. The third kappa shape index (κ3) is 3.97. The second kappa shape index (κ2) is 7.09. The van der Waals surface area contributed by atoms with Crippen molar-refractivity contribution in [3.05, 3.63) is 48.8 Å². The number of piperidine rings is 1. The summed E-state index contributed by atoms with van der Waals surface area (Å²) in [5.41, 5.74) is 0.815. The number of likely N-dealkylation sites (tertiary alicyclic amines) is 1. The van der Waals surface area contributed by atoms with Gasteiger partial charge in [0, 0.05) is 37.1 Å². The molecule has 1 aromatic carbocycles. The summed E-state index contributed by atoms with van der Waals surface area (Å²) in [6.07, 6.45) is 4.83. The van der Waals surface area contributed by atoms with Gasteiger partial charge in [-0.15, -0.1) is 0 Å². The normalized spacial score (nSPS) is 15.4. The molecule has 0 bridgehead atoms. The molecule has 2 amide bonds. The first kappa shape index (κ1) is 15.3. The molecule has 1 N–H and O–H groups in total. The predicted molar refractivity (Wildman–Crippen MR) is 86.6 cm³/mol. The molecule has 6 heteroatoms. The molecule has 0 saturated carbocycles. The summed E-state index contributed by atoms with van der Waals surface area (Å²) in [5, 5.41) is 6.98. The molecule has 0 unspecified atom stereocenters. The van der Waals surface area contributed by atoms with Gasteiger partial charge in [0.25, 0.3) is 0 Å². The van der Waals surface area contributed by atoms with Crippen molar-refractivity contribution >= 4 is 17.5 Å². The molecule has 120 valence electrons. The van der Waals surface area contributed by atoms with Gasteiger partial charge in [-0.25, -0.2) is 0 Å². The number of para-hydroxylation sites is 1. The fourth-order valence-corrected chi connectivity index (χ4v) is 2.79. The van der Waals surface area contributed by atoms with E-state index in [-0.39, 0.29) is 24.3 Å². The number of aromatic nitrogens is 2. The van der Waals surface area contributed by atoms with Crippen LogP contribution in [-0.2, 0) is 16.1 Å². The Morgan fingerprint density at radius 1 is 1.13 bits per heavy atom. The van der Waals surface area contributed by atoms with Crippen molar-refractivity contribution in [3.8, 4) is 0 Å². The zero-order chi connectivity index (χ0) is 16.1. The largest absolute Gasteiger partial charge is 0.341 e. The van der Waals surface area contributed by atoms with Gasteiger partial charge in [0.05, 0.1) is 0 Å². The van der Waals surface area contributed by atoms with Gasteiger partial charge in [-0.05, 0) is 31.0 Å². The fraction of sp³-hybridized carbons (Fsp3) is 0.353. The molecule has 2 heterocycles. The van der Waals surface area contributed by atoms with Gasteiger partial charge in [0.2, 0.25) is 11.8 Å². The molecule has 2 aromatic rings. The fourth-order valence-electron chi connectivity index (χ4n) is 2.79. The van der Waals surface area contributed by atoms with Gasteiger partial charge in [0.15, 0.2) is 0 Å². The smallest absolute Gasteiger partial charge is 0.244 e. The molecule has 1 fully saturated rings. The number of anilines is 1. The quantitative estimate of drug-likeness (QED) is 0.935. The van der Waals surface area contributed by atoms with E-state index in [2.05, 4.69) is 10.4 Å². The van der Waals surface area contributed by atoms with Crippen LogP contribution < -0.4 is 5.32 Å². The molecule has 23 heavy (non-hydrogen) atoms. The summed E-state index contributed by atoms with van der Waals surface area (Å²) >= 11 is 0. The van der Waals surface area contributed by atoms with E-state index in [1.165, 1.54) is 0 Å². The number of carbonyl (C=O) groups is 2. The van der Waals surface area contributed by atoms with Crippen molar-refractivity contribution in [2.75, 3.05) is 18.4 Å². The standard InChI is InChI=1S/C17H20N4O2/c22-16(13-21-10-4-9-18-21)20-11-7-14(8-12-20)17(23)19-15-5-2-1-3-6-15/h1-6,9-10,14H,7-8,11-13H2,(H,19,23). The second-order valence-electron chi connectivity index (χ2n) is 5.71. The predicted octanol–water partition coefficient (Wildman–Crippen LogP) is 1.76. The minimum absolute atomic E-state index is 0.0374. The minimum atomic E-state index is -0.0380. The van der Waals surface area contributed by atoms with Crippen LogP contribution in [0.3, 0.4) is 0 Å². The number of amides is 2. The maximum Gasteiger partial charge on any atom is 0.244 e. The van der Waals surface area contributed by atoms with Crippen LogP contribution in [0.25, 0.3) is 0 Å². The molecular formula is C17H20N4O2. The molecule has 1 aromatic heterocycles. The van der Waals surface area contributed by atoms with E-state index in [1.54, 1.807) is 23.1 Å². The number of nitrogens with zero attached hydrogens (tertiary/aromatic N) is 3. The van der Waals surface area contributed by atoms with E-state index < -0.39 is 0 Å². The van der Waals surface area contributed by atoms with Crippen LogP contribution >= 0.6 is 0 Å². The first-order chi connectivity index (χ1) is 11.2. The molecule has 0 spiro atoms. The number of hydrogen-bond donors (Lipinski definition) is 1. The highest BCUT2D eigenvalue weighted by Crippen LogP contribution is 2.19. The third-order valence-electron chi connectivity index (χ3n) is 4.12. The summed E-state index contributed by atoms with van der Waals surface area (Å²) in [7, 11) is 0. The summed E-state index contributed by atoms with van der Waals surface area (Å²) in [5.74, 6) is 0.0509. The number of carbonyl (C=O) groups excluding carboxylic acids is 2. The van der Waals surface area contributed by atoms with Gasteiger partial charge >= 0.3 is 0 Å². The Hall–Kier alpha value is -2.63. The van der Waals surface area contributed by atoms with E-state index in [0.29, 0.717) is 25.9 Å². The second-order valence-corrected chi connectivity index (χ2v) is 5.71. The van der Waals surface area contributed by atoms with Gasteiger partial charge in [-0.2, -0.15) is 5.10 Å². The van der Waals surface area contributed by atoms with E-state index in [0.717, 1.165) is 5.69 Å². The van der Waals surface area contributed by atoms with E-state index >= 15 is 0 Å². The molecule has 1 saturated heterocycles. The first-order valence-electron chi connectivity index (χ1n) is 7.83. The Kier molecular flexibility index (Phi) is 4.71. The average molecular weight is 312 g/mol. The highest BCUT2D eigenvalue weighted by atomic mass is 16.2. The number of rotatable bonds is 4. The Morgan fingerprint density at radius 3 is 2.52 bits per heavy atom. The highest BCUT2D eigenvalue weighted by Gasteiger charge is 2.27. The summed E-state index contributed by atoms with van der Waals surface area (Å²) < 4.78 is 1.62. The summed E-state index contributed by atoms with van der Waals surface area (Å²) in [4.78, 5) is 26.3. The number of nitrogens with one attached hydrogen (secondary N) is 1. The summed E-state index contributed by atoms with van der Waals surface area (Å²) in [6, 6.07) is 11.3. The number of hydrogen-bond acceptors (Lipinski definition) is 3. The van der Waals surface area contributed by atoms with Gasteiger partial charge in [-0.1, -0.05) is 18.2 Å². The third-order valence-corrected chi connectivity index (χ3v) is 4.12. The van der Waals surface area contributed by atoms with Gasteiger partial charge in [0.1, 0.15) is 6.54 Å².